The third-order valence-electron chi connectivity index (χ3n) is 6.73. The van der Waals surface area contributed by atoms with Gasteiger partial charge >= 0.3 is 0 Å². The molecule has 0 radical (unpaired) electrons. The van der Waals surface area contributed by atoms with Gasteiger partial charge in [-0.3, -0.25) is 4.79 Å². The van der Waals surface area contributed by atoms with Gasteiger partial charge in [0.25, 0.3) is 0 Å². The van der Waals surface area contributed by atoms with Crippen molar-refractivity contribution in [1.29, 1.82) is 0 Å². The van der Waals surface area contributed by atoms with Crippen LogP contribution in [-0.2, 0) is 42.9 Å². The van der Waals surface area contributed by atoms with Crippen LogP contribution in [0.4, 0.5) is 4.39 Å². The lowest BCUT2D eigenvalue weighted by molar-refractivity contribution is -0.135. The lowest BCUT2D eigenvalue weighted by atomic mass is 9.91. The first kappa shape index (κ1) is 27.7. The molecule has 0 unspecified atom stereocenters. The van der Waals surface area contributed by atoms with E-state index >= 15 is 0 Å². The van der Waals surface area contributed by atoms with Crippen LogP contribution in [0.2, 0.25) is 0 Å². The zero-order valence-corrected chi connectivity index (χ0v) is 22.8. The van der Waals surface area contributed by atoms with Crippen molar-refractivity contribution in [2.45, 2.75) is 89.1 Å². The molecule has 0 N–H and O–H groups in total. The van der Waals surface area contributed by atoms with Crippen molar-refractivity contribution in [3.8, 4) is 0 Å². The fourth-order valence-corrected chi connectivity index (χ4v) is 6.40. The highest BCUT2D eigenvalue weighted by Crippen LogP contribution is 2.26. The molecule has 0 spiro atoms. The summed E-state index contributed by atoms with van der Waals surface area (Å²) < 4.78 is 54.5. The van der Waals surface area contributed by atoms with Crippen LogP contribution in [0.15, 0.2) is 35.6 Å². The fourth-order valence-electron chi connectivity index (χ4n) is 4.89. The summed E-state index contributed by atoms with van der Waals surface area (Å²) in [7, 11) is -3.97. The SMILES string of the molecule is CC(C)(C)CC(=O)N(Cc1cnc(S(=O)(=O)Cc2ccccc2F)n1C[C@H]1CCCO1)C[C@@H]1CCCO1. The first-order chi connectivity index (χ1) is 17.5. The Morgan fingerprint density at radius 3 is 2.43 bits per heavy atom. The number of halogens is 1. The van der Waals surface area contributed by atoms with Gasteiger partial charge in [-0.2, -0.15) is 0 Å². The molecule has 37 heavy (non-hydrogen) atoms. The minimum atomic E-state index is -3.97. The molecule has 2 saturated heterocycles. The fraction of sp³-hybridized carbons (Fsp3) is 0.630. The molecule has 2 fully saturated rings. The molecule has 2 atom stereocenters. The Hall–Kier alpha value is -2.30. The number of nitrogens with zero attached hydrogens (tertiary/aromatic N) is 3. The summed E-state index contributed by atoms with van der Waals surface area (Å²) in [4.78, 5) is 19.4. The molecule has 1 aromatic carbocycles. The number of aromatic nitrogens is 2. The molecule has 0 bridgehead atoms. The number of hydrogen-bond acceptors (Lipinski definition) is 6. The third kappa shape index (κ3) is 7.39. The molecule has 3 heterocycles. The van der Waals surface area contributed by atoms with Crippen LogP contribution in [0, 0.1) is 11.2 Å². The van der Waals surface area contributed by atoms with Crippen molar-refractivity contribution in [1.82, 2.24) is 14.5 Å². The van der Waals surface area contributed by atoms with Crippen LogP contribution >= 0.6 is 0 Å². The van der Waals surface area contributed by atoms with Gasteiger partial charge in [0.2, 0.25) is 20.9 Å². The summed E-state index contributed by atoms with van der Waals surface area (Å²) in [5, 5.41) is -0.124. The van der Waals surface area contributed by atoms with Gasteiger partial charge in [0, 0.05) is 31.7 Å². The maximum absolute atomic E-state index is 14.3. The van der Waals surface area contributed by atoms with Crippen molar-refractivity contribution >= 4 is 15.7 Å². The van der Waals surface area contributed by atoms with E-state index in [9.17, 15) is 17.6 Å². The average Bonchev–Trinajstić information content (AvgIpc) is 3.57. The molecule has 2 aromatic rings. The summed E-state index contributed by atoms with van der Waals surface area (Å²) >= 11 is 0. The van der Waals surface area contributed by atoms with Gasteiger partial charge in [0.05, 0.1) is 42.9 Å². The first-order valence-corrected chi connectivity index (χ1v) is 14.7. The second-order valence-electron chi connectivity index (χ2n) is 11.3. The van der Waals surface area contributed by atoms with Crippen LogP contribution in [0.1, 0.15) is 64.1 Å². The largest absolute Gasteiger partial charge is 0.376 e. The van der Waals surface area contributed by atoms with E-state index in [4.69, 9.17) is 9.47 Å². The standard InChI is InChI=1S/C27H38FN3O5S/c1-27(2,3)14-25(32)30(17-22-9-6-12-35-22)16-21-15-29-26(31(21)18-23-10-7-13-36-23)37(33,34)19-20-8-4-5-11-24(20)28/h4-5,8,11,15,22-23H,6-7,9-10,12-14,16-19H2,1-3H3/t22-,23+/m0/s1. The normalized spacial score (nSPS) is 20.4. The van der Waals surface area contributed by atoms with Crippen molar-refractivity contribution in [2.24, 2.45) is 5.41 Å². The molecule has 10 heteroatoms. The molecule has 0 saturated carbocycles. The number of carbonyl (C=O) groups is 1. The van der Waals surface area contributed by atoms with Gasteiger partial charge in [-0.15, -0.1) is 0 Å². The smallest absolute Gasteiger partial charge is 0.228 e. The molecule has 4 rings (SSSR count). The summed E-state index contributed by atoms with van der Waals surface area (Å²) in [5.41, 5.74) is 0.511. The summed E-state index contributed by atoms with van der Waals surface area (Å²) in [6.07, 6.45) is 5.26. The van der Waals surface area contributed by atoms with Gasteiger partial charge in [0.1, 0.15) is 5.82 Å². The van der Waals surface area contributed by atoms with Gasteiger partial charge in [-0.25, -0.2) is 17.8 Å². The Kier molecular flexibility index (Phi) is 8.70. The van der Waals surface area contributed by atoms with Crippen molar-refractivity contribution in [3.63, 3.8) is 0 Å². The summed E-state index contributed by atoms with van der Waals surface area (Å²) in [6.45, 7) is 8.32. The van der Waals surface area contributed by atoms with E-state index in [2.05, 4.69) is 4.98 Å². The predicted octanol–water partition coefficient (Wildman–Crippen LogP) is 4.12. The number of benzene rings is 1. The predicted molar refractivity (Wildman–Crippen MR) is 137 cm³/mol. The van der Waals surface area contributed by atoms with E-state index in [1.54, 1.807) is 15.5 Å². The maximum Gasteiger partial charge on any atom is 0.228 e. The lowest BCUT2D eigenvalue weighted by Crippen LogP contribution is -2.39. The van der Waals surface area contributed by atoms with Gasteiger partial charge in [-0.05, 0) is 37.2 Å². The van der Waals surface area contributed by atoms with E-state index < -0.39 is 21.4 Å². The van der Waals surface area contributed by atoms with Crippen molar-refractivity contribution in [3.05, 3.63) is 47.5 Å². The van der Waals surface area contributed by atoms with Crippen LogP contribution in [0.3, 0.4) is 0 Å². The average molecular weight is 536 g/mol. The zero-order chi connectivity index (χ0) is 26.6. The molecule has 1 amide bonds. The number of amides is 1. The number of sulfone groups is 1. The molecular weight excluding hydrogens is 497 g/mol. The second-order valence-corrected chi connectivity index (χ2v) is 13.2. The molecule has 0 aliphatic carbocycles. The first-order valence-electron chi connectivity index (χ1n) is 13.0. The quantitative estimate of drug-likeness (QED) is 0.455. The Labute approximate surface area is 219 Å². The monoisotopic (exact) mass is 535 g/mol. The molecule has 204 valence electrons. The minimum Gasteiger partial charge on any atom is -0.376 e. The van der Waals surface area contributed by atoms with Crippen molar-refractivity contribution < 1.29 is 27.1 Å². The number of ether oxygens (including phenoxy) is 2. The van der Waals surface area contributed by atoms with E-state index in [-0.39, 0.29) is 40.8 Å². The maximum atomic E-state index is 14.3. The Morgan fingerprint density at radius 1 is 1.14 bits per heavy atom. The molecule has 1 aromatic heterocycles. The highest BCUT2D eigenvalue weighted by molar-refractivity contribution is 7.90. The summed E-state index contributed by atoms with van der Waals surface area (Å²) in [6, 6.07) is 5.86. The van der Waals surface area contributed by atoms with Crippen LogP contribution < -0.4 is 0 Å². The van der Waals surface area contributed by atoms with Gasteiger partial charge in [-0.1, -0.05) is 39.0 Å². The van der Waals surface area contributed by atoms with E-state index in [1.165, 1.54) is 24.4 Å². The number of rotatable bonds is 10. The minimum absolute atomic E-state index is 0.0105. The Morgan fingerprint density at radius 2 is 1.81 bits per heavy atom. The van der Waals surface area contributed by atoms with Crippen LogP contribution in [0.5, 0.6) is 0 Å². The third-order valence-corrected chi connectivity index (χ3v) is 8.30. The molecule has 2 aliphatic heterocycles. The number of imidazole rings is 1. The second kappa shape index (κ2) is 11.6. The Bertz CT molecular complexity index is 1180. The van der Waals surface area contributed by atoms with E-state index in [0.29, 0.717) is 38.4 Å². The summed E-state index contributed by atoms with van der Waals surface area (Å²) in [5.74, 6) is -1.08. The number of hydrogen-bond donors (Lipinski definition) is 0. The van der Waals surface area contributed by atoms with Crippen molar-refractivity contribution in [2.75, 3.05) is 19.8 Å². The Balaban J connectivity index is 1.65. The zero-order valence-electron chi connectivity index (χ0n) is 22.0. The molecule has 8 nitrogen and oxygen atoms in total. The van der Waals surface area contributed by atoms with Gasteiger partial charge in [0.15, 0.2) is 0 Å². The number of carbonyl (C=O) groups excluding carboxylic acids is 1. The molecular formula is C27H38FN3O5S. The highest BCUT2D eigenvalue weighted by Gasteiger charge is 2.31. The lowest BCUT2D eigenvalue weighted by Gasteiger charge is -2.29. The van der Waals surface area contributed by atoms with E-state index in [0.717, 1.165) is 25.7 Å². The van der Waals surface area contributed by atoms with Crippen LogP contribution in [0.25, 0.3) is 0 Å². The topological polar surface area (TPSA) is 90.7 Å². The van der Waals surface area contributed by atoms with Gasteiger partial charge < -0.3 is 18.9 Å². The molecule has 2 aliphatic rings. The van der Waals surface area contributed by atoms with E-state index in [1.807, 2.05) is 20.8 Å². The highest BCUT2D eigenvalue weighted by atomic mass is 32.2. The van der Waals surface area contributed by atoms with Crippen LogP contribution in [-0.4, -0.2) is 60.7 Å².